The van der Waals surface area contributed by atoms with Gasteiger partial charge in [-0.2, -0.15) is 0 Å². The second-order valence-corrected chi connectivity index (χ2v) is 7.63. The Morgan fingerprint density at radius 3 is 2.48 bits per heavy atom. The molecule has 0 aliphatic heterocycles. The summed E-state index contributed by atoms with van der Waals surface area (Å²) in [5.41, 5.74) is 0.538. The number of carbonyl (C=O) groups is 1. The second kappa shape index (κ2) is 9.09. The molecule has 0 saturated heterocycles. The van der Waals surface area contributed by atoms with Gasteiger partial charge in [0.1, 0.15) is 11.2 Å². The van der Waals surface area contributed by atoms with Crippen molar-refractivity contribution in [1.82, 2.24) is 5.32 Å². The van der Waals surface area contributed by atoms with Gasteiger partial charge in [0.05, 0.1) is 4.92 Å². The number of nitro groups is 1. The van der Waals surface area contributed by atoms with Crippen molar-refractivity contribution < 1.29 is 9.72 Å². The highest BCUT2D eigenvalue weighted by Gasteiger charge is 2.47. The topological polar surface area (TPSA) is 75.5 Å². The quantitative estimate of drug-likeness (QED) is 0.380. The van der Waals surface area contributed by atoms with Crippen molar-refractivity contribution in [1.29, 1.82) is 0 Å². The van der Waals surface area contributed by atoms with Gasteiger partial charge in [0.15, 0.2) is 0 Å². The summed E-state index contributed by atoms with van der Waals surface area (Å²) in [6.07, 6.45) is 4.74. The van der Waals surface area contributed by atoms with Gasteiger partial charge < -0.3 is 10.2 Å². The molecular weight excluding hydrogens is 390 g/mol. The largest absolute Gasteiger partial charge is 0.350 e. The minimum Gasteiger partial charge on any atom is -0.350 e. The van der Waals surface area contributed by atoms with Crippen LogP contribution in [-0.4, -0.2) is 22.9 Å². The molecule has 1 aliphatic carbocycles. The molecule has 0 heterocycles. The fourth-order valence-corrected chi connectivity index (χ4v) is 4.13. The molecule has 1 fully saturated rings. The van der Waals surface area contributed by atoms with Crippen molar-refractivity contribution in [3.63, 3.8) is 0 Å². The van der Waals surface area contributed by atoms with Crippen molar-refractivity contribution in [2.45, 2.75) is 37.8 Å². The average molecular weight is 414 g/mol. The van der Waals surface area contributed by atoms with Gasteiger partial charge in [0.2, 0.25) is 5.91 Å². The normalized spacial score (nSPS) is 14.9. The summed E-state index contributed by atoms with van der Waals surface area (Å²) < 4.78 is 0. The molecule has 3 rings (SSSR count). The number of benzene rings is 2. The maximum Gasteiger partial charge on any atom is 0.292 e. The van der Waals surface area contributed by atoms with E-state index in [0.717, 1.165) is 18.4 Å². The van der Waals surface area contributed by atoms with E-state index >= 15 is 0 Å². The number of rotatable bonds is 8. The van der Waals surface area contributed by atoms with E-state index in [-0.39, 0.29) is 11.6 Å². The minimum absolute atomic E-state index is 0.00822. The van der Waals surface area contributed by atoms with Gasteiger partial charge >= 0.3 is 0 Å². The third-order valence-corrected chi connectivity index (χ3v) is 5.67. The zero-order chi connectivity index (χ0) is 20.9. The Morgan fingerprint density at radius 2 is 1.86 bits per heavy atom. The van der Waals surface area contributed by atoms with Gasteiger partial charge in [-0.1, -0.05) is 54.8 Å². The first-order valence-electron chi connectivity index (χ1n) is 9.62. The molecule has 29 heavy (non-hydrogen) atoms. The first kappa shape index (κ1) is 20.9. The first-order chi connectivity index (χ1) is 14.0. The number of carbonyl (C=O) groups excluding carboxylic acids is 1. The van der Waals surface area contributed by atoms with Gasteiger partial charge in [-0.25, -0.2) is 0 Å². The molecule has 7 heteroatoms. The van der Waals surface area contributed by atoms with Gasteiger partial charge in [-0.3, -0.25) is 14.9 Å². The summed E-state index contributed by atoms with van der Waals surface area (Å²) in [5, 5.41) is 15.3. The summed E-state index contributed by atoms with van der Waals surface area (Å²) in [7, 11) is 0. The van der Waals surface area contributed by atoms with Gasteiger partial charge in [-0.05, 0) is 36.6 Å². The molecule has 2 aromatic rings. The van der Waals surface area contributed by atoms with Crippen LogP contribution in [0.25, 0.3) is 0 Å². The molecule has 0 radical (unpaired) electrons. The van der Waals surface area contributed by atoms with Crippen LogP contribution in [0.15, 0.2) is 61.2 Å². The number of anilines is 1. The van der Waals surface area contributed by atoms with E-state index < -0.39 is 10.5 Å². The highest BCUT2D eigenvalue weighted by Crippen LogP contribution is 2.41. The predicted octanol–water partition coefficient (Wildman–Crippen LogP) is 4.87. The van der Waals surface area contributed by atoms with Crippen LogP contribution in [-0.2, 0) is 11.3 Å². The predicted molar refractivity (Wildman–Crippen MR) is 115 cm³/mol. The molecule has 0 aromatic heterocycles. The number of nitrogens with zero attached hydrogens (tertiary/aromatic N) is 2. The Balaban J connectivity index is 1.92. The number of hydrogen-bond donors (Lipinski definition) is 1. The van der Waals surface area contributed by atoms with Crippen LogP contribution in [0.4, 0.5) is 11.4 Å². The fraction of sp³-hybridized carbons (Fsp3) is 0.318. The summed E-state index contributed by atoms with van der Waals surface area (Å²) in [4.78, 5) is 26.4. The van der Waals surface area contributed by atoms with Crippen molar-refractivity contribution in [3.05, 3.63) is 81.9 Å². The third-order valence-electron chi connectivity index (χ3n) is 5.42. The lowest BCUT2D eigenvalue weighted by Crippen LogP contribution is -2.57. The van der Waals surface area contributed by atoms with E-state index in [1.807, 2.05) is 17.0 Å². The smallest absolute Gasteiger partial charge is 0.292 e. The average Bonchev–Trinajstić information content (AvgIpc) is 3.22. The van der Waals surface area contributed by atoms with Crippen LogP contribution >= 0.6 is 11.6 Å². The molecule has 0 bridgehead atoms. The summed E-state index contributed by atoms with van der Waals surface area (Å²) in [6, 6.07) is 13.9. The van der Waals surface area contributed by atoms with Crippen LogP contribution in [0.2, 0.25) is 5.02 Å². The Hall–Kier alpha value is -2.86. The zero-order valence-electron chi connectivity index (χ0n) is 16.1. The van der Waals surface area contributed by atoms with Gasteiger partial charge in [-0.15, -0.1) is 6.58 Å². The highest BCUT2D eigenvalue weighted by molar-refractivity contribution is 6.30. The third kappa shape index (κ3) is 4.43. The molecule has 0 atom stereocenters. The maximum atomic E-state index is 13.4. The molecule has 1 aliphatic rings. The van der Waals surface area contributed by atoms with Crippen LogP contribution in [0.1, 0.15) is 31.2 Å². The standard InChI is InChI=1S/C22H24ClN3O3/c1-2-15-25(19-7-3-4-8-20(19)26(28)29)22(13-5-6-14-22)21(27)24-16-17-9-11-18(23)12-10-17/h2-4,7-12H,1,5-6,13-16H2,(H,24,27). The number of para-hydroxylation sites is 2. The monoisotopic (exact) mass is 413 g/mol. The minimum atomic E-state index is -0.841. The molecule has 0 unspecified atom stereocenters. The van der Waals surface area contributed by atoms with Crippen molar-refractivity contribution in [2.24, 2.45) is 0 Å². The molecule has 1 saturated carbocycles. The van der Waals surface area contributed by atoms with Gasteiger partial charge in [0, 0.05) is 24.2 Å². The Labute approximate surface area is 175 Å². The van der Waals surface area contributed by atoms with E-state index in [1.54, 1.807) is 36.4 Å². The van der Waals surface area contributed by atoms with E-state index in [4.69, 9.17) is 11.6 Å². The molecule has 2 aromatic carbocycles. The lowest BCUT2D eigenvalue weighted by molar-refractivity contribution is -0.384. The summed E-state index contributed by atoms with van der Waals surface area (Å²) in [6.45, 7) is 4.53. The van der Waals surface area contributed by atoms with E-state index in [1.165, 1.54) is 6.07 Å². The second-order valence-electron chi connectivity index (χ2n) is 7.19. The van der Waals surface area contributed by atoms with Crippen molar-refractivity contribution >= 4 is 28.9 Å². The fourth-order valence-electron chi connectivity index (χ4n) is 4.01. The molecule has 1 amide bonds. The van der Waals surface area contributed by atoms with Crippen molar-refractivity contribution in [3.8, 4) is 0 Å². The Kier molecular flexibility index (Phi) is 6.54. The lowest BCUT2D eigenvalue weighted by Gasteiger charge is -2.41. The highest BCUT2D eigenvalue weighted by atomic mass is 35.5. The van der Waals surface area contributed by atoms with E-state index in [9.17, 15) is 14.9 Å². The SMILES string of the molecule is C=CCN(c1ccccc1[N+](=O)[O-])C1(C(=O)NCc2ccc(Cl)cc2)CCCC1. The van der Waals surface area contributed by atoms with Crippen LogP contribution in [0.5, 0.6) is 0 Å². The summed E-state index contributed by atoms with van der Waals surface area (Å²) in [5.74, 6) is -0.120. The molecule has 152 valence electrons. The van der Waals surface area contributed by atoms with Gasteiger partial charge in [0.25, 0.3) is 5.69 Å². The molecule has 6 nitrogen and oxygen atoms in total. The van der Waals surface area contributed by atoms with Crippen LogP contribution in [0.3, 0.4) is 0 Å². The molecular formula is C22H24ClN3O3. The summed E-state index contributed by atoms with van der Waals surface area (Å²) >= 11 is 5.93. The van der Waals surface area contributed by atoms with E-state index in [0.29, 0.717) is 36.6 Å². The number of amides is 1. The molecule has 0 spiro atoms. The number of nitro benzene ring substituents is 1. The lowest BCUT2D eigenvalue weighted by atomic mass is 9.92. The number of hydrogen-bond acceptors (Lipinski definition) is 4. The first-order valence-corrected chi connectivity index (χ1v) is 10.0. The Bertz CT molecular complexity index is 892. The Morgan fingerprint density at radius 1 is 1.21 bits per heavy atom. The maximum absolute atomic E-state index is 13.4. The van der Waals surface area contributed by atoms with Crippen molar-refractivity contribution in [2.75, 3.05) is 11.4 Å². The van der Waals surface area contributed by atoms with Crippen LogP contribution < -0.4 is 10.2 Å². The molecule has 1 N–H and O–H groups in total. The van der Waals surface area contributed by atoms with Crippen LogP contribution in [0, 0.1) is 10.1 Å². The zero-order valence-corrected chi connectivity index (χ0v) is 16.9. The van der Waals surface area contributed by atoms with E-state index in [2.05, 4.69) is 11.9 Å². The number of halogens is 1. The number of nitrogens with one attached hydrogen (secondary N) is 1.